The Morgan fingerprint density at radius 2 is 1.78 bits per heavy atom. The second kappa shape index (κ2) is 13.7. The van der Waals surface area contributed by atoms with E-state index in [9.17, 15) is 18.0 Å². The Labute approximate surface area is 223 Å². The number of para-hydroxylation sites is 2. The minimum atomic E-state index is -3.88. The van der Waals surface area contributed by atoms with E-state index in [0.717, 1.165) is 17.0 Å². The highest BCUT2D eigenvalue weighted by Gasteiger charge is 2.32. The summed E-state index contributed by atoms with van der Waals surface area (Å²) in [5.41, 5.74) is 0.819. The molecule has 1 atom stereocenters. The van der Waals surface area contributed by atoms with Crippen LogP contribution in [0.2, 0.25) is 10.0 Å². The molecule has 8 nitrogen and oxygen atoms in total. The zero-order valence-electron chi connectivity index (χ0n) is 21.0. The summed E-state index contributed by atoms with van der Waals surface area (Å²) in [5, 5.41) is 3.60. The largest absolute Gasteiger partial charge is 0.492 e. The fourth-order valence-corrected chi connectivity index (χ4v) is 4.98. The van der Waals surface area contributed by atoms with Gasteiger partial charge in [0, 0.05) is 23.1 Å². The minimum Gasteiger partial charge on any atom is -0.492 e. The molecule has 0 radical (unpaired) electrons. The van der Waals surface area contributed by atoms with Gasteiger partial charge >= 0.3 is 0 Å². The van der Waals surface area contributed by atoms with E-state index in [1.165, 1.54) is 4.90 Å². The van der Waals surface area contributed by atoms with Crippen molar-refractivity contribution in [2.75, 3.05) is 30.3 Å². The Morgan fingerprint density at radius 1 is 1.08 bits per heavy atom. The van der Waals surface area contributed by atoms with Crippen molar-refractivity contribution in [3.05, 3.63) is 58.1 Å². The Hall–Kier alpha value is -2.49. The second-order valence-electron chi connectivity index (χ2n) is 8.14. The zero-order chi connectivity index (χ0) is 26.9. The van der Waals surface area contributed by atoms with Crippen LogP contribution >= 0.6 is 23.2 Å². The molecule has 2 rings (SSSR count). The normalized spacial score (nSPS) is 12.1. The van der Waals surface area contributed by atoms with Gasteiger partial charge in [0.25, 0.3) is 0 Å². The number of nitrogens with zero attached hydrogens (tertiary/aromatic N) is 2. The fraction of sp³-hybridized carbons (Fsp3) is 0.440. The molecule has 1 N–H and O–H groups in total. The van der Waals surface area contributed by atoms with Gasteiger partial charge in [0.05, 0.1) is 18.6 Å². The molecule has 0 saturated carbocycles. The van der Waals surface area contributed by atoms with E-state index < -0.39 is 28.5 Å². The number of carbonyl (C=O) groups is 2. The molecular formula is C25H33Cl2N3O5S. The highest BCUT2D eigenvalue weighted by atomic mass is 35.5. The first-order chi connectivity index (χ1) is 17.0. The summed E-state index contributed by atoms with van der Waals surface area (Å²) in [6, 6.07) is 10.6. The van der Waals surface area contributed by atoms with Crippen molar-refractivity contribution in [2.24, 2.45) is 0 Å². The van der Waals surface area contributed by atoms with E-state index in [2.05, 4.69) is 5.32 Å². The van der Waals surface area contributed by atoms with Gasteiger partial charge in [-0.15, -0.1) is 0 Å². The Kier molecular flexibility index (Phi) is 11.3. The van der Waals surface area contributed by atoms with Crippen molar-refractivity contribution >= 4 is 50.7 Å². The molecule has 0 bridgehead atoms. The maximum atomic E-state index is 13.7. The summed E-state index contributed by atoms with van der Waals surface area (Å²) in [7, 11) is -3.88. The second-order valence-corrected chi connectivity index (χ2v) is 10.9. The van der Waals surface area contributed by atoms with E-state index in [1.54, 1.807) is 56.3 Å². The van der Waals surface area contributed by atoms with Crippen LogP contribution in [-0.2, 0) is 26.2 Å². The SMILES string of the molecule is CCCNC(=O)[C@H](CC)N(Cc1ccc(Cl)cc1Cl)C(=O)CN(c1ccccc1OCC)S(C)(=O)=O. The van der Waals surface area contributed by atoms with Crippen molar-refractivity contribution in [3.8, 4) is 5.75 Å². The maximum absolute atomic E-state index is 13.7. The van der Waals surface area contributed by atoms with Crippen LogP contribution in [0.25, 0.3) is 0 Å². The third-order valence-electron chi connectivity index (χ3n) is 5.40. The van der Waals surface area contributed by atoms with Crippen molar-refractivity contribution in [1.29, 1.82) is 0 Å². The van der Waals surface area contributed by atoms with Crippen LogP contribution in [0.5, 0.6) is 5.75 Å². The molecule has 11 heteroatoms. The summed E-state index contributed by atoms with van der Waals surface area (Å²) < 4.78 is 32.2. The van der Waals surface area contributed by atoms with Crippen molar-refractivity contribution in [1.82, 2.24) is 10.2 Å². The van der Waals surface area contributed by atoms with Gasteiger partial charge in [-0.3, -0.25) is 13.9 Å². The van der Waals surface area contributed by atoms with E-state index in [-0.39, 0.29) is 18.1 Å². The summed E-state index contributed by atoms with van der Waals surface area (Å²) in [6.07, 6.45) is 2.07. The first-order valence-corrected chi connectivity index (χ1v) is 14.3. The van der Waals surface area contributed by atoms with Gasteiger partial charge in [-0.2, -0.15) is 0 Å². The lowest BCUT2D eigenvalue weighted by molar-refractivity contribution is -0.140. The third-order valence-corrected chi connectivity index (χ3v) is 7.12. The van der Waals surface area contributed by atoms with Crippen LogP contribution in [0.4, 0.5) is 5.69 Å². The molecule has 2 aromatic carbocycles. The van der Waals surface area contributed by atoms with Gasteiger partial charge in [-0.1, -0.05) is 55.2 Å². The molecule has 36 heavy (non-hydrogen) atoms. The number of ether oxygens (including phenoxy) is 1. The van der Waals surface area contributed by atoms with Crippen LogP contribution in [0, 0.1) is 0 Å². The lowest BCUT2D eigenvalue weighted by Crippen LogP contribution is -2.52. The summed E-state index contributed by atoms with van der Waals surface area (Å²) in [4.78, 5) is 28.1. The first-order valence-electron chi connectivity index (χ1n) is 11.7. The molecule has 198 valence electrons. The molecule has 0 spiro atoms. The number of benzene rings is 2. The third kappa shape index (κ3) is 8.01. The summed E-state index contributed by atoms with van der Waals surface area (Å²) >= 11 is 12.4. The molecule has 0 fully saturated rings. The van der Waals surface area contributed by atoms with Gasteiger partial charge in [0.1, 0.15) is 18.3 Å². The van der Waals surface area contributed by atoms with Crippen LogP contribution in [0.15, 0.2) is 42.5 Å². The van der Waals surface area contributed by atoms with Gasteiger partial charge in [0.15, 0.2) is 0 Å². The molecule has 0 aliphatic carbocycles. The zero-order valence-corrected chi connectivity index (χ0v) is 23.3. The molecule has 2 amide bonds. The summed E-state index contributed by atoms with van der Waals surface area (Å²) in [6.45, 7) is 5.75. The number of carbonyl (C=O) groups excluding carboxylic acids is 2. The average molecular weight is 559 g/mol. The van der Waals surface area contributed by atoms with Crippen molar-refractivity contribution in [3.63, 3.8) is 0 Å². The fourth-order valence-electron chi connectivity index (χ4n) is 3.65. The predicted molar refractivity (Wildman–Crippen MR) is 144 cm³/mol. The highest BCUT2D eigenvalue weighted by molar-refractivity contribution is 7.92. The molecule has 0 saturated heterocycles. The smallest absolute Gasteiger partial charge is 0.244 e. The number of hydrogen-bond donors (Lipinski definition) is 1. The molecular weight excluding hydrogens is 525 g/mol. The number of nitrogens with one attached hydrogen (secondary N) is 1. The quantitative estimate of drug-likeness (QED) is 0.391. The molecule has 2 aromatic rings. The van der Waals surface area contributed by atoms with E-state index in [1.807, 2.05) is 6.92 Å². The standard InChI is InChI=1S/C25H33Cl2N3O5S/c1-5-14-28-25(32)21(6-2)29(16-18-12-13-19(26)15-20(18)27)24(31)17-30(36(4,33)34)22-10-8-9-11-23(22)35-7-3/h8-13,15,21H,5-7,14,16-17H2,1-4H3,(H,28,32)/t21-/m0/s1. The number of halogens is 2. The molecule has 0 aliphatic heterocycles. The van der Waals surface area contributed by atoms with Gasteiger partial charge in [-0.25, -0.2) is 8.42 Å². The predicted octanol–water partition coefficient (Wildman–Crippen LogP) is 4.49. The lowest BCUT2D eigenvalue weighted by atomic mass is 10.1. The Bertz CT molecular complexity index is 1160. The van der Waals surface area contributed by atoms with Crippen molar-refractivity contribution < 1.29 is 22.7 Å². The topological polar surface area (TPSA) is 96.0 Å². The average Bonchev–Trinajstić information content (AvgIpc) is 2.82. The van der Waals surface area contributed by atoms with Crippen LogP contribution in [0.3, 0.4) is 0 Å². The van der Waals surface area contributed by atoms with E-state index >= 15 is 0 Å². The van der Waals surface area contributed by atoms with Crippen LogP contribution < -0.4 is 14.4 Å². The molecule has 0 aromatic heterocycles. The molecule has 0 unspecified atom stereocenters. The minimum absolute atomic E-state index is 0.00238. The first kappa shape index (κ1) is 29.7. The molecule has 0 aliphatic rings. The Morgan fingerprint density at radius 3 is 2.36 bits per heavy atom. The number of hydrogen-bond acceptors (Lipinski definition) is 5. The van der Waals surface area contributed by atoms with Crippen LogP contribution in [0.1, 0.15) is 39.2 Å². The van der Waals surface area contributed by atoms with Gasteiger partial charge in [-0.05, 0) is 49.6 Å². The number of amides is 2. The number of anilines is 1. The maximum Gasteiger partial charge on any atom is 0.244 e. The summed E-state index contributed by atoms with van der Waals surface area (Å²) in [5.74, 6) is -0.548. The van der Waals surface area contributed by atoms with Crippen molar-refractivity contribution in [2.45, 2.75) is 46.2 Å². The Balaban J connectivity index is 2.50. The lowest BCUT2D eigenvalue weighted by Gasteiger charge is -2.33. The number of rotatable bonds is 13. The van der Waals surface area contributed by atoms with E-state index in [4.69, 9.17) is 27.9 Å². The highest BCUT2D eigenvalue weighted by Crippen LogP contribution is 2.30. The van der Waals surface area contributed by atoms with Gasteiger partial charge in [0.2, 0.25) is 21.8 Å². The molecule has 0 heterocycles. The van der Waals surface area contributed by atoms with Gasteiger partial charge < -0.3 is 15.0 Å². The van der Waals surface area contributed by atoms with E-state index in [0.29, 0.717) is 40.9 Å². The number of sulfonamides is 1. The van der Waals surface area contributed by atoms with Crippen LogP contribution in [-0.4, -0.2) is 57.1 Å². The monoisotopic (exact) mass is 557 g/mol.